The number of carbonyl (C=O) groups is 1. The average molecular weight is 209 g/mol. The van der Waals surface area contributed by atoms with Crippen molar-refractivity contribution in [2.45, 2.75) is 13.3 Å². The second kappa shape index (κ2) is 4.06. The van der Waals surface area contributed by atoms with Crippen molar-refractivity contribution in [3.05, 3.63) is 23.7 Å². The van der Waals surface area contributed by atoms with Gasteiger partial charge in [0, 0.05) is 25.6 Å². The van der Waals surface area contributed by atoms with E-state index in [0.29, 0.717) is 17.9 Å². The van der Waals surface area contributed by atoms with E-state index in [1.165, 1.54) is 6.26 Å². The molecular formula is C11H15NO3. The number of carbonyl (C=O) groups excluding carboxylic acids is 1. The Balaban J connectivity index is 2.07. The number of rotatable bonds is 2. The molecule has 15 heavy (non-hydrogen) atoms. The van der Waals surface area contributed by atoms with Gasteiger partial charge < -0.3 is 14.4 Å². The first-order valence-electron chi connectivity index (χ1n) is 5.16. The van der Waals surface area contributed by atoms with Crippen molar-refractivity contribution >= 4 is 5.91 Å². The van der Waals surface area contributed by atoms with Gasteiger partial charge >= 0.3 is 0 Å². The summed E-state index contributed by atoms with van der Waals surface area (Å²) in [6, 6.07) is 1.70. The maximum atomic E-state index is 12.0. The van der Waals surface area contributed by atoms with E-state index in [2.05, 4.69) is 0 Å². The van der Waals surface area contributed by atoms with Crippen LogP contribution in [0, 0.1) is 12.8 Å². The zero-order chi connectivity index (χ0) is 10.8. The molecule has 1 aliphatic rings. The Kier molecular flexibility index (Phi) is 2.77. The lowest BCUT2D eigenvalue weighted by Gasteiger charge is -2.15. The van der Waals surface area contributed by atoms with E-state index in [0.717, 1.165) is 13.0 Å². The minimum atomic E-state index is 0.0113. The van der Waals surface area contributed by atoms with Gasteiger partial charge in [0.05, 0.1) is 11.8 Å². The Morgan fingerprint density at radius 1 is 1.73 bits per heavy atom. The zero-order valence-corrected chi connectivity index (χ0v) is 8.77. The Hall–Kier alpha value is -1.29. The van der Waals surface area contributed by atoms with Crippen LogP contribution >= 0.6 is 0 Å². The van der Waals surface area contributed by atoms with E-state index in [4.69, 9.17) is 9.52 Å². The number of aliphatic hydroxyl groups excluding tert-OH is 1. The van der Waals surface area contributed by atoms with Crippen LogP contribution in [0.2, 0.25) is 0 Å². The van der Waals surface area contributed by atoms with Crippen LogP contribution in [0.3, 0.4) is 0 Å². The molecule has 1 fully saturated rings. The van der Waals surface area contributed by atoms with Gasteiger partial charge in [0.15, 0.2) is 0 Å². The first kappa shape index (κ1) is 10.2. The molecule has 1 aromatic heterocycles. The average Bonchev–Trinajstić information content (AvgIpc) is 2.84. The monoisotopic (exact) mass is 209 g/mol. The van der Waals surface area contributed by atoms with Crippen LogP contribution in [0.15, 0.2) is 16.7 Å². The highest BCUT2D eigenvalue weighted by Crippen LogP contribution is 2.19. The van der Waals surface area contributed by atoms with Crippen molar-refractivity contribution < 1.29 is 14.3 Å². The van der Waals surface area contributed by atoms with E-state index in [1.54, 1.807) is 17.9 Å². The molecule has 1 atom stereocenters. The molecule has 1 amide bonds. The van der Waals surface area contributed by atoms with Gasteiger partial charge in [-0.05, 0) is 19.4 Å². The molecule has 2 heterocycles. The maximum absolute atomic E-state index is 12.0. The van der Waals surface area contributed by atoms with E-state index >= 15 is 0 Å². The van der Waals surface area contributed by atoms with Crippen LogP contribution in [0.4, 0.5) is 0 Å². The minimum Gasteiger partial charge on any atom is -0.469 e. The smallest absolute Gasteiger partial charge is 0.257 e. The largest absolute Gasteiger partial charge is 0.469 e. The zero-order valence-electron chi connectivity index (χ0n) is 8.77. The summed E-state index contributed by atoms with van der Waals surface area (Å²) in [5.74, 6) is 0.908. The molecule has 0 aromatic carbocycles. The molecule has 0 bridgehead atoms. The summed E-state index contributed by atoms with van der Waals surface area (Å²) >= 11 is 0. The number of likely N-dealkylation sites (tertiary alicyclic amines) is 1. The predicted octanol–water partition coefficient (Wildman–Crippen LogP) is 1.04. The van der Waals surface area contributed by atoms with Crippen molar-refractivity contribution in [1.82, 2.24) is 4.90 Å². The molecule has 1 N–H and O–H groups in total. The summed E-state index contributed by atoms with van der Waals surface area (Å²) in [6.07, 6.45) is 2.42. The molecule has 0 spiro atoms. The summed E-state index contributed by atoms with van der Waals surface area (Å²) in [6.45, 7) is 3.33. The third-order valence-electron chi connectivity index (χ3n) is 2.92. The van der Waals surface area contributed by atoms with Crippen LogP contribution in [0.1, 0.15) is 22.5 Å². The second-order valence-corrected chi connectivity index (χ2v) is 3.98. The molecule has 4 heteroatoms. The van der Waals surface area contributed by atoms with Crippen molar-refractivity contribution in [3.63, 3.8) is 0 Å². The first-order chi connectivity index (χ1) is 7.22. The van der Waals surface area contributed by atoms with E-state index in [9.17, 15) is 4.79 Å². The quantitative estimate of drug-likeness (QED) is 0.791. The summed E-state index contributed by atoms with van der Waals surface area (Å²) in [5.41, 5.74) is 0.633. The second-order valence-electron chi connectivity index (χ2n) is 3.98. The van der Waals surface area contributed by atoms with Gasteiger partial charge in [0.2, 0.25) is 0 Å². The molecule has 0 saturated carbocycles. The molecular weight excluding hydrogens is 194 g/mol. The third-order valence-corrected chi connectivity index (χ3v) is 2.92. The molecule has 82 valence electrons. The van der Waals surface area contributed by atoms with E-state index < -0.39 is 0 Å². The Morgan fingerprint density at radius 2 is 2.53 bits per heavy atom. The standard InChI is InChI=1S/C11H15NO3/c1-8-10(3-5-15-8)11(14)12-4-2-9(6-12)7-13/h3,5,9,13H,2,4,6-7H2,1H3. The van der Waals surface area contributed by atoms with Crippen LogP contribution in [0.5, 0.6) is 0 Å². The van der Waals surface area contributed by atoms with Gasteiger partial charge in [0.25, 0.3) is 5.91 Å². The molecule has 1 unspecified atom stereocenters. The third kappa shape index (κ3) is 1.90. The summed E-state index contributed by atoms with van der Waals surface area (Å²) < 4.78 is 5.10. The predicted molar refractivity (Wildman–Crippen MR) is 54.5 cm³/mol. The number of nitrogens with zero attached hydrogens (tertiary/aromatic N) is 1. The topological polar surface area (TPSA) is 53.7 Å². The fourth-order valence-corrected chi connectivity index (χ4v) is 1.94. The Labute approximate surface area is 88.5 Å². The van der Waals surface area contributed by atoms with Gasteiger partial charge in [-0.1, -0.05) is 0 Å². The van der Waals surface area contributed by atoms with E-state index in [-0.39, 0.29) is 18.4 Å². The van der Waals surface area contributed by atoms with Crippen LogP contribution in [0.25, 0.3) is 0 Å². The molecule has 1 aromatic rings. The van der Waals surface area contributed by atoms with Crippen LogP contribution < -0.4 is 0 Å². The normalized spacial score (nSPS) is 20.9. The van der Waals surface area contributed by atoms with Crippen molar-refractivity contribution in [2.24, 2.45) is 5.92 Å². The molecule has 4 nitrogen and oxygen atoms in total. The maximum Gasteiger partial charge on any atom is 0.257 e. The number of aryl methyl sites for hydroxylation is 1. The fraction of sp³-hybridized carbons (Fsp3) is 0.545. The number of hydrogen-bond donors (Lipinski definition) is 1. The molecule has 0 aliphatic carbocycles. The summed E-state index contributed by atoms with van der Waals surface area (Å²) in [7, 11) is 0. The lowest BCUT2D eigenvalue weighted by atomic mass is 10.1. The minimum absolute atomic E-state index is 0.0113. The van der Waals surface area contributed by atoms with Crippen molar-refractivity contribution in [3.8, 4) is 0 Å². The van der Waals surface area contributed by atoms with Crippen LogP contribution in [-0.4, -0.2) is 35.6 Å². The molecule has 1 aliphatic heterocycles. The number of amides is 1. The Morgan fingerprint density at radius 3 is 3.07 bits per heavy atom. The van der Waals surface area contributed by atoms with Gasteiger partial charge in [-0.15, -0.1) is 0 Å². The lowest BCUT2D eigenvalue weighted by Crippen LogP contribution is -2.29. The van der Waals surface area contributed by atoms with E-state index in [1.807, 2.05) is 0 Å². The number of aliphatic hydroxyl groups is 1. The highest BCUT2D eigenvalue weighted by molar-refractivity contribution is 5.95. The Bertz CT molecular complexity index is 358. The first-order valence-corrected chi connectivity index (χ1v) is 5.16. The lowest BCUT2D eigenvalue weighted by molar-refractivity contribution is 0.0780. The van der Waals surface area contributed by atoms with Crippen molar-refractivity contribution in [1.29, 1.82) is 0 Å². The highest BCUT2D eigenvalue weighted by Gasteiger charge is 2.27. The molecule has 0 radical (unpaired) electrons. The fourth-order valence-electron chi connectivity index (χ4n) is 1.94. The van der Waals surface area contributed by atoms with Crippen LogP contribution in [-0.2, 0) is 0 Å². The SMILES string of the molecule is Cc1occc1C(=O)N1CCC(CO)C1. The number of furan rings is 1. The molecule has 1 saturated heterocycles. The molecule has 2 rings (SSSR count). The summed E-state index contributed by atoms with van der Waals surface area (Å²) in [5, 5.41) is 8.99. The van der Waals surface area contributed by atoms with Crippen molar-refractivity contribution in [2.75, 3.05) is 19.7 Å². The summed E-state index contributed by atoms with van der Waals surface area (Å²) in [4.78, 5) is 13.8. The van der Waals surface area contributed by atoms with Gasteiger partial charge in [-0.25, -0.2) is 0 Å². The highest BCUT2D eigenvalue weighted by atomic mass is 16.3. The van der Waals surface area contributed by atoms with Gasteiger partial charge in [-0.3, -0.25) is 4.79 Å². The van der Waals surface area contributed by atoms with Gasteiger partial charge in [-0.2, -0.15) is 0 Å². The number of hydrogen-bond acceptors (Lipinski definition) is 3. The van der Waals surface area contributed by atoms with Gasteiger partial charge in [0.1, 0.15) is 5.76 Å².